The molecular weight excluding hydrogens is 318 g/mol. The molecule has 3 fully saturated rings. The minimum absolute atomic E-state index is 0.0104. The molecule has 3 aliphatic rings. The molecule has 7 heteroatoms. The molecule has 2 heterocycles. The first-order valence-electron chi connectivity index (χ1n) is 9.48. The second-order valence-electron chi connectivity index (χ2n) is 7.83. The largest absolute Gasteiger partial charge is 0.352 e. The van der Waals surface area contributed by atoms with Crippen molar-refractivity contribution in [2.45, 2.75) is 57.5 Å². The first-order valence-corrected chi connectivity index (χ1v) is 9.48. The van der Waals surface area contributed by atoms with Crippen LogP contribution >= 0.6 is 0 Å². The molecule has 7 nitrogen and oxygen atoms in total. The van der Waals surface area contributed by atoms with Crippen molar-refractivity contribution in [1.29, 1.82) is 0 Å². The van der Waals surface area contributed by atoms with E-state index in [1.165, 1.54) is 12.8 Å². The van der Waals surface area contributed by atoms with Crippen LogP contribution in [0.25, 0.3) is 0 Å². The molecule has 1 aromatic heterocycles. The number of hydrogen-bond donors (Lipinski definition) is 3. The fourth-order valence-corrected chi connectivity index (χ4v) is 4.43. The second-order valence-corrected chi connectivity index (χ2v) is 7.83. The predicted molar refractivity (Wildman–Crippen MR) is 93.9 cm³/mol. The van der Waals surface area contributed by atoms with Gasteiger partial charge >= 0.3 is 0 Å². The Bertz CT molecular complexity index is 644. The summed E-state index contributed by atoms with van der Waals surface area (Å²) in [7, 11) is 0. The molecule has 136 valence electrons. The van der Waals surface area contributed by atoms with Crippen LogP contribution in [0.2, 0.25) is 0 Å². The molecule has 1 unspecified atom stereocenters. The van der Waals surface area contributed by atoms with Crippen LogP contribution in [0.4, 0.5) is 5.69 Å². The molecule has 2 amide bonds. The van der Waals surface area contributed by atoms with Crippen molar-refractivity contribution < 1.29 is 9.59 Å². The summed E-state index contributed by atoms with van der Waals surface area (Å²) in [5.74, 6) is 0.212. The topological polar surface area (TPSA) is 88.1 Å². The molecule has 2 saturated carbocycles. The van der Waals surface area contributed by atoms with E-state index in [1.54, 1.807) is 17.1 Å². The summed E-state index contributed by atoms with van der Waals surface area (Å²) in [6.07, 6.45) is 11.1. The molecule has 2 aliphatic carbocycles. The van der Waals surface area contributed by atoms with Crippen molar-refractivity contribution in [1.82, 2.24) is 20.4 Å². The van der Waals surface area contributed by atoms with E-state index >= 15 is 0 Å². The Balaban J connectivity index is 1.26. The van der Waals surface area contributed by atoms with Crippen LogP contribution in [0.1, 0.15) is 44.9 Å². The van der Waals surface area contributed by atoms with Crippen molar-refractivity contribution in [2.24, 2.45) is 11.3 Å². The van der Waals surface area contributed by atoms with Crippen molar-refractivity contribution in [3.63, 3.8) is 0 Å². The van der Waals surface area contributed by atoms with Crippen molar-refractivity contribution >= 4 is 17.5 Å². The highest BCUT2D eigenvalue weighted by Crippen LogP contribution is 2.58. The van der Waals surface area contributed by atoms with Gasteiger partial charge in [-0.3, -0.25) is 14.3 Å². The van der Waals surface area contributed by atoms with E-state index in [1.807, 2.05) is 0 Å². The van der Waals surface area contributed by atoms with Gasteiger partial charge in [0.05, 0.1) is 11.9 Å². The average Bonchev–Trinajstić information content (AvgIpc) is 2.94. The molecule has 0 aromatic carbocycles. The fraction of sp³-hybridized carbons (Fsp3) is 0.722. The van der Waals surface area contributed by atoms with Crippen LogP contribution < -0.4 is 16.0 Å². The van der Waals surface area contributed by atoms with E-state index < -0.39 is 0 Å². The lowest BCUT2D eigenvalue weighted by molar-refractivity contribution is -0.122. The second kappa shape index (κ2) is 6.78. The summed E-state index contributed by atoms with van der Waals surface area (Å²) in [6.45, 7) is 2.22. The van der Waals surface area contributed by atoms with E-state index in [4.69, 9.17) is 0 Å². The number of rotatable bonds is 5. The molecule has 1 spiro atoms. The Hall–Kier alpha value is -1.89. The van der Waals surface area contributed by atoms with Gasteiger partial charge < -0.3 is 16.0 Å². The first kappa shape index (κ1) is 16.6. The summed E-state index contributed by atoms with van der Waals surface area (Å²) in [5, 5.41) is 13.6. The van der Waals surface area contributed by atoms with Gasteiger partial charge in [-0.25, -0.2) is 0 Å². The van der Waals surface area contributed by atoms with E-state index in [0.29, 0.717) is 11.7 Å². The predicted octanol–water partition coefficient (Wildman–Crippen LogP) is 1.27. The number of nitrogens with one attached hydrogen (secondary N) is 3. The highest BCUT2D eigenvalue weighted by atomic mass is 16.2. The smallest absolute Gasteiger partial charge is 0.241 e. The van der Waals surface area contributed by atoms with Gasteiger partial charge in [-0.15, -0.1) is 0 Å². The molecule has 25 heavy (non-hydrogen) atoms. The number of amides is 2. The van der Waals surface area contributed by atoms with Crippen molar-refractivity contribution in [3.8, 4) is 0 Å². The average molecular weight is 345 g/mol. The fourth-order valence-electron chi connectivity index (χ4n) is 4.43. The normalized spacial score (nSPS) is 25.0. The zero-order valence-corrected chi connectivity index (χ0v) is 14.6. The quantitative estimate of drug-likeness (QED) is 0.750. The number of nitrogens with zero attached hydrogens (tertiary/aromatic N) is 2. The minimum atomic E-state index is -0.0104. The van der Waals surface area contributed by atoms with Crippen LogP contribution in [0.15, 0.2) is 12.4 Å². The highest BCUT2D eigenvalue weighted by Gasteiger charge is 2.57. The van der Waals surface area contributed by atoms with Crippen molar-refractivity contribution in [2.75, 3.05) is 18.4 Å². The Labute approximate surface area is 147 Å². The Morgan fingerprint density at radius 1 is 1.28 bits per heavy atom. The van der Waals surface area contributed by atoms with Crippen molar-refractivity contribution in [3.05, 3.63) is 12.4 Å². The number of piperidine rings is 1. The van der Waals surface area contributed by atoms with Gasteiger partial charge in [-0.2, -0.15) is 5.10 Å². The maximum atomic E-state index is 12.5. The molecule has 1 aliphatic heterocycles. The summed E-state index contributed by atoms with van der Waals surface area (Å²) in [5.41, 5.74) is 0.904. The van der Waals surface area contributed by atoms with Gasteiger partial charge in [-0.05, 0) is 50.6 Å². The van der Waals surface area contributed by atoms with Crippen LogP contribution in [-0.4, -0.2) is 40.7 Å². The zero-order chi connectivity index (χ0) is 17.3. The van der Waals surface area contributed by atoms with Gasteiger partial charge in [0.1, 0.15) is 6.54 Å². The third-order valence-corrected chi connectivity index (χ3v) is 6.03. The molecule has 0 bridgehead atoms. The number of carbonyl (C=O) groups is 2. The third kappa shape index (κ3) is 3.71. The maximum absolute atomic E-state index is 12.5. The maximum Gasteiger partial charge on any atom is 0.241 e. The van der Waals surface area contributed by atoms with Crippen LogP contribution in [0, 0.1) is 11.3 Å². The monoisotopic (exact) mass is 345 g/mol. The van der Waals surface area contributed by atoms with Crippen LogP contribution in [-0.2, 0) is 16.1 Å². The minimum Gasteiger partial charge on any atom is -0.352 e. The van der Waals surface area contributed by atoms with E-state index in [0.717, 1.165) is 45.2 Å². The summed E-state index contributed by atoms with van der Waals surface area (Å²) >= 11 is 0. The van der Waals surface area contributed by atoms with E-state index in [9.17, 15) is 9.59 Å². The molecule has 1 saturated heterocycles. The Morgan fingerprint density at radius 2 is 2.04 bits per heavy atom. The third-order valence-electron chi connectivity index (χ3n) is 6.03. The number of anilines is 1. The van der Waals surface area contributed by atoms with Crippen LogP contribution in [0.5, 0.6) is 0 Å². The van der Waals surface area contributed by atoms with E-state index in [2.05, 4.69) is 21.0 Å². The summed E-state index contributed by atoms with van der Waals surface area (Å²) < 4.78 is 1.59. The summed E-state index contributed by atoms with van der Waals surface area (Å²) in [4.78, 5) is 24.5. The molecule has 1 atom stereocenters. The Kier molecular flexibility index (Phi) is 4.50. The Morgan fingerprint density at radius 3 is 2.80 bits per heavy atom. The SMILES string of the molecule is O=C(Cn1cc(NC(=O)C2CC23CCNCC3)cn1)NC1CCCC1. The van der Waals surface area contributed by atoms with Crippen LogP contribution in [0.3, 0.4) is 0 Å². The first-order chi connectivity index (χ1) is 12.1. The molecule has 4 rings (SSSR count). The lowest BCUT2D eigenvalue weighted by atomic mass is 9.92. The van der Waals surface area contributed by atoms with Gasteiger partial charge in [0, 0.05) is 18.2 Å². The van der Waals surface area contributed by atoms with Gasteiger partial charge in [0.25, 0.3) is 0 Å². The highest BCUT2D eigenvalue weighted by molar-refractivity contribution is 5.95. The number of carbonyl (C=O) groups excluding carboxylic acids is 2. The molecular formula is C18H27N5O2. The summed E-state index contributed by atoms with van der Waals surface area (Å²) in [6, 6.07) is 0.318. The molecule has 0 radical (unpaired) electrons. The van der Waals surface area contributed by atoms with E-state index in [-0.39, 0.29) is 29.7 Å². The van der Waals surface area contributed by atoms with Gasteiger partial charge in [-0.1, -0.05) is 12.8 Å². The molecule has 1 aromatic rings. The lowest BCUT2D eigenvalue weighted by Crippen LogP contribution is -2.35. The lowest BCUT2D eigenvalue weighted by Gasteiger charge is -2.23. The standard InChI is InChI=1S/C18H27N5O2/c24-16(21-13-3-1-2-4-13)12-23-11-14(10-20-23)22-17(25)15-9-18(15)5-7-19-8-6-18/h10-11,13,15,19H,1-9,12H2,(H,21,24)(H,22,25). The number of hydrogen-bond acceptors (Lipinski definition) is 4. The van der Waals surface area contributed by atoms with Gasteiger partial charge in [0.15, 0.2) is 0 Å². The zero-order valence-electron chi connectivity index (χ0n) is 14.6. The van der Waals surface area contributed by atoms with Gasteiger partial charge in [0.2, 0.25) is 11.8 Å². The number of aromatic nitrogens is 2. The molecule has 3 N–H and O–H groups in total.